The number of benzene rings is 1. The quantitative estimate of drug-likeness (QED) is 0.677. The first-order valence-electron chi connectivity index (χ1n) is 5.48. The van der Waals surface area contributed by atoms with Crippen LogP contribution in [0.3, 0.4) is 0 Å². The third-order valence-corrected chi connectivity index (χ3v) is 5.96. The summed E-state index contributed by atoms with van der Waals surface area (Å²) in [6.45, 7) is 1.97. The summed E-state index contributed by atoms with van der Waals surface area (Å²) in [5.74, 6) is -0.916. The summed E-state index contributed by atoms with van der Waals surface area (Å²) < 4.78 is 1.69. The van der Waals surface area contributed by atoms with Gasteiger partial charge in [-0.3, -0.25) is 4.79 Å². The first-order chi connectivity index (χ1) is 9.02. The van der Waals surface area contributed by atoms with Crippen molar-refractivity contribution in [3.8, 4) is 6.07 Å². The number of ketones is 1. The number of Topliss-reactive ketones (excluding diaryl/α,β-unsaturated/α-hetero) is 1. The fourth-order valence-corrected chi connectivity index (χ4v) is 3.66. The Balaban J connectivity index is 2.35. The molecule has 1 aromatic heterocycles. The van der Waals surface area contributed by atoms with Crippen molar-refractivity contribution in [1.82, 2.24) is 0 Å². The molecule has 0 radical (unpaired) electrons. The monoisotopic (exact) mass is 397 g/mol. The first kappa shape index (κ1) is 14.4. The fraction of sp³-hybridized carbons (Fsp3) is 0.143. The van der Waals surface area contributed by atoms with E-state index in [1.165, 1.54) is 11.3 Å². The minimum Gasteiger partial charge on any atom is -0.291 e. The van der Waals surface area contributed by atoms with Crippen LogP contribution in [-0.2, 0) is 0 Å². The van der Waals surface area contributed by atoms with Gasteiger partial charge in [-0.05, 0) is 50.4 Å². The van der Waals surface area contributed by atoms with Crippen LogP contribution in [0.4, 0.5) is 0 Å². The van der Waals surface area contributed by atoms with Crippen LogP contribution in [0.5, 0.6) is 0 Å². The second-order valence-electron chi connectivity index (χ2n) is 4.07. The van der Waals surface area contributed by atoms with E-state index in [1.54, 1.807) is 6.07 Å². The average Bonchev–Trinajstić information content (AvgIpc) is 2.73. The Labute approximate surface area is 132 Å². The van der Waals surface area contributed by atoms with Crippen molar-refractivity contribution in [2.75, 3.05) is 0 Å². The molecule has 2 aromatic rings. The molecule has 19 heavy (non-hydrogen) atoms. The smallest absolute Gasteiger partial charge is 0.194 e. The number of nitrogens with zero attached hydrogens (tertiary/aromatic N) is 1. The van der Waals surface area contributed by atoms with Crippen molar-refractivity contribution >= 4 is 49.0 Å². The molecule has 0 N–H and O–H groups in total. The summed E-state index contributed by atoms with van der Waals surface area (Å²) in [7, 11) is 0. The van der Waals surface area contributed by atoms with Crippen LogP contribution in [0.25, 0.3) is 0 Å². The fourth-order valence-electron chi connectivity index (χ4n) is 1.65. The van der Waals surface area contributed by atoms with Crippen LogP contribution in [-0.4, -0.2) is 5.78 Å². The lowest BCUT2D eigenvalue weighted by Gasteiger charge is -2.07. The van der Waals surface area contributed by atoms with E-state index in [-0.39, 0.29) is 5.78 Å². The summed E-state index contributed by atoms with van der Waals surface area (Å²) in [5, 5.41) is 9.27. The van der Waals surface area contributed by atoms with Crippen LogP contribution in [0, 0.1) is 18.3 Å². The van der Waals surface area contributed by atoms with Crippen LogP contribution >= 0.6 is 43.2 Å². The van der Waals surface area contributed by atoms with Gasteiger partial charge >= 0.3 is 0 Å². The zero-order valence-electron chi connectivity index (χ0n) is 9.98. The molecule has 1 atom stereocenters. The number of aryl methyl sites for hydroxylation is 1. The molecule has 0 saturated carbocycles. The van der Waals surface area contributed by atoms with Crippen LogP contribution < -0.4 is 0 Å². The summed E-state index contributed by atoms with van der Waals surface area (Å²) in [6.07, 6.45) is 0. The highest BCUT2D eigenvalue weighted by Crippen LogP contribution is 2.34. The number of nitriles is 1. The molecule has 0 spiro atoms. The number of carbonyl (C=O) groups is 1. The summed E-state index contributed by atoms with van der Waals surface area (Å²) in [5.41, 5.74) is 1.84. The maximum absolute atomic E-state index is 12.4. The number of halogens is 2. The Morgan fingerprint density at radius 1 is 1.32 bits per heavy atom. The second-order valence-corrected chi connectivity index (χ2v) is 7.29. The molecule has 0 amide bonds. The van der Waals surface area contributed by atoms with Gasteiger partial charge in [0.05, 0.1) is 14.7 Å². The van der Waals surface area contributed by atoms with E-state index in [4.69, 9.17) is 0 Å². The van der Waals surface area contributed by atoms with Crippen molar-refractivity contribution in [1.29, 1.82) is 5.26 Å². The zero-order valence-corrected chi connectivity index (χ0v) is 14.0. The molecule has 0 bridgehead atoms. The molecular weight excluding hydrogens is 390 g/mol. The number of thiophene rings is 1. The van der Waals surface area contributed by atoms with Crippen molar-refractivity contribution < 1.29 is 4.79 Å². The second kappa shape index (κ2) is 6.00. The van der Waals surface area contributed by atoms with Crippen molar-refractivity contribution in [3.05, 3.63) is 54.6 Å². The highest BCUT2D eigenvalue weighted by Gasteiger charge is 2.24. The third-order valence-electron chi connectivity index (χ3n) is 2.69. The highest BCUT2D eigenvalue weighted by molar-refractivity contribution is 9.13. The Kier molecular flexibility index (Phi) is 4.56. The van der Waals surface area contributed by atoms with Gasteiger partial charge in [0.2, 0.25) is 0 Å². The zero-order chi connectivity index (χ0) is 14.0. The standard InChI is InChI=1S/C14H9Br2NOS/c1-8-2-4-9(5-3-8)10(7-17)13(18)12-6-11(15)14(16)19-12/h2-6,10H,1H3. The minimum absolute atomic E-state index is 0.164. The van der Waals surface area contributed by atoms with Gasteiger partial charge in [0.15, 0.2) is 5.78 Å². The van der Waals surface area contributed by atoms with E-state index in [0.29, 0.717) is 4.88 Å². The van der Waals surface area contributed by atoms with E-state index >= 15 is 0 Å². The van der Waals surface area contributed by atoms with E-state index in [0.717, 1.165) is 19.4 Å². The molecule has 0 fully saturated rings. The Morgan fingerprint density at radius 2 is 1.95 bits per heavy atom. The average molecular weight is 399 g/mol. The topological polar surface area (TPSA) is 40.9 Å². The molecule has 2 nitrogen and oxygen atoms in total. The largest absolute Gasteiger partial charge is 0.291 e. The predicted molar refractivity (Wildman–Crippen MR) is 83.6 cm³/mol. The molecule has 2 rings (SSSR count). The lowest BCUT2D eigenvalue weighted by molar-refractivity contribution is 0.0983. The number of hydrogen-bond donors (Lipinski definition) is 0. The maximum Gasteiger partial charge on any atom is 0.194 e. The van der Waals surface area contributed by atoms with Gasteiger partial charge in [-0.1, -0.05) is 29.8 Å². The minimum atomic E-state index is -0.752. The van der Waals surface area contributed by atoms with Gasteiger partial charge in [0.1, 0.15) is 5.92 Å². The Bertz CT molecular complexity index is 636. The predicted octanol–water partition coefficient (Wildman–Crippen LogP) is 5.07. The Hall–Kier alpha value is -0.960. The number of carbonyl (C=O) groups excluding carboxylic acids is 1. The third kappa shape index (κ3) is 3.14. The summed E-state index contributed by atoms with van der Waals surface area (Å²) in [4.78, 5) is 12.9. The number of hydrogen-bond acceptors (Lipinski definition) is 3. The summed E-state index contributed by atoms with van der Waals surface area (Å²) in [6, 6.07) is 11.3. The molecule has 1 heterocycles. The van der Waals surface area contributed by atoms with Gasteiger partial charge in [-0.2, -0.15) is 5.26 Å². The lowest BCUT2D eigenvalue weighted by Crippen LogP contribution is -2.09. The molecule has 0 aliphatic heterocycles. The van der Waals surface area contributed by atoms with Crippen molar-refractivity contribution in [3.63, 3.8) is 0 Å². The van der Waals surface area contributed by atoms with E-state index in [9.17, 15) is 10.1 Å². The van der Waals surface area contributed by atoms with Gasteiger partial charge in [0.25, 0.3) is 0 Å². The lowest BCUT2D eigenvalue weighted by atomic mass is 9.94. The molecule has 5 heteroatoms. The molecule has 0 aliphatic carbocycles. The van der Waals surface area contributed by atoms with Gasteiger partial charge in [0, 0.05) is 4.47 Å². The van der Waals surface area contributed by atoms with Gasteiger partial charge in [-0.15, -0.1) is 11.3 Å². The molecular formula is C14H9Br2NOS. The SMILES string of the molecule is Cc1ccc(C(C#N)C(=O)c2cc(Br)c(Br)s2)cc1. The van der Waals surface area contributed by atoms with Crippen molar-refractivity contribution in [2.24, 2.45) is 0 Å². The van der Waals surface area contributed by atoms with Crippen LogP contribution in [0.15, 0.2) is 38.6 Å². The van der Waals surface area contributed by atoms with E-state index in [2.05, 4.69) is 37.9 Å². The number of rotatable bonds is 3. The van der Waals surface area contributed by atoms with Crippen LogP contribution in [0.1, 0.15) is 26.7 Å². The van der Waals surface area contributed by atoms with Crippen molar-refractivity contribution in [2.45, 2.75) is 12.8 Å². The molecule has 0 saturated heterocycles. The molecule has 1 unspecified atom stereocenters. The molecule has 1 aromatic carbocycles. The van der Waals surface area contributed by atoms with E-state index in [1.807, 2.05) is 31.2 Å². The Morgan fingerprint density at radius 3 is 2.42 bits per heavy atom. The maximum atomic E-state index is 12.4. The highest BCUT2D eigenvalue weighted by atomic mass is 79.9. The van der Waals surface area contributed by atoms with E-state index < -0.39 is 5.92 Å². The summed E-state index contributed by atoms with van der Waals surface area (Å²) >= 11 is 8.04. The first-order valence-corrected chi connectivity index (χ1v) is 7.88. The molecule has 0 aliphatic rings. The van der Waals surface area contributed by atoms with Crippen LogP contribution in [0.2, 0.25) is 0 Å². The normalized spacial score (nSPS) is 11.9. The molecule has 96 valence electrons. The van der Waals surface area contributed by atoms with Gasteiger partial charge < -0.3 is 0 Å². The van der Waals surface area contributed by atoms with Gasteiger partial charge in [-0.25, -0.2) is 0 Å².